The highest BCUT2D eigenvalue weighted by atomic mass is 32.1. The average molecular weight is 370 g/mol. The van der Waals surface area contributed by atoms with Crippen molar-refractivity contribution in [2.75, 3.05) is 5.32 Å². The first-order valence-electron chi connectivity index (χ1n) is 8.47. The first-order chi connectivity index (χ1) is 13.3. The molecule has 27 heavy (non-hydrogen) atoms. The maximum Gasteiger partial charge on any atom is 0.257 e. The van der Waals surface area contributed by atoms with Crippen molar-refractivity contribution in [3.63, 3.8) is 0 Å². The summed E-state index contributed by atoms with van der Waals surface area (Å²) in [4.78, 5) is 21.5. The van der Waals surface area contributed by atoms with Crippen LogP contribution in [-0.2, 0) is 0 Å². The van der Waals surface area contributed by atoms with Crippen LogP contribution in [0.4, 0.5) is 5.13 Å². The molecule has 0 saturated carbocycles. The van der Waals surface area contributed by atoms with Crippen LogP contribution in [0.15, 0.2) is 79.1 Å². The molecule has 6 heteroatoms. The monoisotopic (exact) mass is 370 g/mol. The van der Waals surface area contributed by atoms with Crippen LogP contribution in [-0.4, -0.2) is 20.4 Å². The Morgan fingerprint density at radius 2 is 1.74 bits per heavy atom. The molecule has 5 rings (SSSR count). The number of aromatic nitrogens is 3. The second-order valence-corrected chi connectivity index (χ2v) is 7.13. The number of nitrogens with zero attached hydrogens (tertiary/aromatic N) is 3. The lowest BCUT2D eigenvalue weighted by molar-refractivity contribution is 0.102. The number of amides is 1. The molecule has 0 radical (unpaired) electrons. The molecule has 2 heterocycles. The maximum absolute atomic E-state index is 12.6. The minimum atomic E-state index is -0.190. The highest BCUT2D eigenvalue weighted by Crippen LogP contribution is 2.26. The average Bonchev–Trinajstić information content (AvgIpc) is 3.31. The summed E-state index contributed by atoms with van der Waals surface area (Å²) < 4.78 is 3.05. The predicted molar refractivity (Wildman–Crippen MR) is 109 cm³/mol. The Bertz CT molecular complexity index is 1240. The van der Waals surface area contributed by atoms with E-state index in [4.69, 9.17) is 0 Å². The Kier molecular flexibility index (Phi) is 3.69. The number of hydrogen-bond acceptors (Lipinski definition) is 4. The van der Waals surface area contributed by atoms with Crippen LogP contribution < -0.4 is 5.32 Å². The highest BCUT2D eigenvalue weighted by Gasteiger charge is 2.12. The lowest BCUT2D eigenvalue weighted by Crippen LogP contribution is -2.11. The van der Waals surface area contributed by atoms with E-state index in [1.54, 1.807) is 12.4 Å². The number of carbonyl (C=O) groups is 1. The van der Waals surface area contributed by atoms with Gasteiger partial charge >= 0.3 is 0 Å². The third kappa shape index (κ3) is 2.86. The molecule has 0 aliphatic carbocycles. The lowest BCUT2D eigenvalue weighted by Gasteiger charge is -2.05. The Labute approximate surface area is 158 Å². The Hall–Kier alpha value is -3.51. The van der Waals surface area contributed by atoms with Gasteiger partial charge < -0.3 is 0 Å². The maximum atomic E-state index is 12.6. The molecule has 0 unspecified atom stereocenters. The van der Waals surface area contributed by atoms with Crippen LogP contribution in [0.5, 0.6) is 0 Å². The molecule has 0 aliphatic rings. The van der Waals surface area contributed by atoms with E-state index in [-0.39, 0.29) is 5.91 Å². The summed E-state index contributed by atoms with van der Waals surface area (Å²) in [5, 5.41) is 3.48. The smallest absolute Gasteiger partial charge is 0.257 e. The zero-order valence-corrected chi connectivity index (χ0v) is 15.0. The second kappa shape index (κ2) is 6.34. The number of fused-ring (bicyclic) bond motifs is 2. The zero-order valence-electron chi connectivity index (χ0n) is 14.2. The van der Waals surface area contributed by atoms with Crippen LogP contribution in [0, 0.1) is 0 Å². The van der Waals surface area contributed by atoms with Gasteiger partial charge in [-0.1, -0.05) is 41.7 Å². The van der Waals surface area contributed by atoms with E-state index in [2.05, 4.69) is 15.3 Å². The van der Waals surface area contributed by atoms with Gasteiger partial charge in [0.1, 0.15) is 6.33 Å². The van der Waals surface area contributed by atoms with E-state index < -0.39 is 0 Å². The molecule has 1 amide bonds. The van der Waals surface area contributed by atoms with Gasteiger partial charge in [-0.15, -0.1) is 0 Å². The van der Waals surface area contributed by atoms with Gasteiger partial charge in [0, 0.05) is 11.3 Å². The quantitative estimate of drug-likeness (QED) is 0.492. The van der Waals surface area contributed by atoms with Gasteiger partial charge in [-0.2, -0.15) is 0 Å². The molecule has 130 valence electrons. The second-order valence-electron chi connectivity index (χ2n) is 6.09. The van der Waals surface area contributed by atoms with Crippen LogP contribution >= 0.6 is 11.3 Å². The molecule has 5 aromatic rings. The Balaban J connectivity index is 1.45. The van der Waals surface area contributed by atoms with Gasteiger partial charge in [-0.25, -0.2) is 9.97 Å². The molecular weight excluding hydrogens is 356 g/mol. The van der Waals surface area contributed by atoms with E-state index >= 15 is 0 Å². The number of imidazole rings is 1. The minimum absolute atomic E-state index is 0.190. The van der Waals surface area contributed by atoms with Gasteiger partial charge in [-0.3, -0.25) is 14.7 Å². The third-order valence-electron chi connectivity index (χ3n) is 4.36. The van der Waals surface area contributed by atoms with Gasteiger partial charge in [0.15, 0.2) is 5.13 Å². The van der Waals surface area contributed by atoms with Crippen molar-refractivity contribution >= 4 is 43.6 Å². The fourth-order valence-corrected chi connectivity index (χ4v) is 3.90. The number of rotatable bonds is 3. The van der Waals surface area contributed by atoms with Crippen molar-refractivity contribution in [1.29, 1.82) is 0 Å². The van der Waals surface area contributed by atoms with E-state index in [0.29, 0.717) is 10.7 Å². The molecule has 0 atom stereocenters. The summed E-state index contributed by atoms with van der Waals surface area (Å²) in [5.41, 5.74) is 4.20. The summed E-state index contributed by atoms with van der Waals surface area (Å²) in [6, 6.07) is 23.4. The van der Waals surface area contributed by atoms with E-state index in [1.807, 2.05) is 71.3 Å². The van der Waals surface area contributed by atoms with Crippen molar-refractivity contribution in [1.82, 2.24) is 14.5 Å². The molecule has 0 bridgehead atoms. The van der Waals surface area contributed by atoms with Crippen molar-refractivity contribution in [2.45, 2.75) is 0 Å². The SMILES string of the molecule is O=C(Nc1nc2ccccc2s1)c1ccc2c(c1)ncn2-c1ccccc1. The molecule has 3 aromatic carbocycles. The number of thiazole rings is 1. The van der Waals surface area contributed by atoms with Crippen molar-refractivity contribution in [3.05, 3.63) is 84.7 Å². The fourth-order valence-electron chi connectivity index (χ4n) is 3.04. The minimum Gasteiger partial charge on any atom is -0.299 e. The van der Waals surface area contributed by atoms with Crippen LogP contribution in [0.1, 0.15) is 10.4 Å². The van der Waals surface area contributed by atoms with Gasteiger partial charge in [0.25, 0.3) is 5.91 Å². The molecule has 0 fully saturated rings. The predicted octanol–water partition coefficient (Wildman–Crippen LogP) is 4.89. The fraction of sp³-hybridized carbons (Fsp3) is 0. The summed E-state index contributed by atoms with van der Waals surface area (Å²) in [6.07, 6.45) is 1.77. The molecule has 0 saturated heterocycles. The normalized spacial score (nSPS) is 11.1. The Morgan fingerprint density at radius 1 is 0.926 bits per heavy atom. The standard InChI is InChI=1S/C21H14N4OS/c26-20(24-21-23-16-8-4-5-9-19(16)27-21)14-10-11-18-17(12-14)22-13-25(18)15-6-2-1-3-7-15/h1-13H,(H,23,24,26). The molecule has 5 nitrogen and oxygen atoms in total. The number of carbonyl (C=O) groups excluding carboxylic acids is 1. The van der Waals surface area contributed by atoms with Crippen LogP contribution in [0.25, 0.3) is 26.9 Å². The van der Waals surface area contributed by atoms with Crippen molar-refractivity contribution in [2.24, 2.45) is 0 Å². The molecule has 1 N–H and O–H groups in total. The summed E-state index contributed by atoms with van der Waals surface area (Å²) in [6.45, 7) is 0. The van der Waals surface area contributed by atoms with E-state index in [1.165, 1.54) is 11.3 Å². The van der Waals surface area contributed by atoms with E-state index in [0.717, 1.165) is 26.9 Å². The third-order valence-corrected chi connectivity index (χ3v) is 5.31. The number of hydrogen-bond donors (Lipinski definition) is 1. The van der Waals surface area contributed by atoms with Gasteiger partial charge in [0.05, 0.1) is 21.3 Å². The van der Waals surface area contributed by atoms with Crippen LogP contribution in [0.3, 0.4) is 0 Å². The molecule has 2 aromatic heterocycles. The topological polar surface area (TPSA) is 59.8 Å². The lowest BCUT2D eigenvalue weighted by atomic mass is 10.2. The Morgan fingerprint density at radius 3 is 2.59 bits per heavy atom. The number of para-hydroxylation sites is 2. The first kappa shape index (κ1) is 15.7. The molecular formula is C21H14N4OS. The zero-order chi connectivity index (χ0) is 18.2. The summed E-state index contributed by atoms with van der Waals surface area (Å²) >= 11 is 1.46. The largest absolute Gasteiger partial charge is 0.299 e. The number of benzene rings is 3. The van der Waals surface area contributed by atoms with Crippen LogP contribution in [0.2, 0.25) is 0 Å². The molecule has 0 aliphatic heterocycles. The highest BCUT2D eigenvalue weighted by molar-refractivity contribution is 7.22. The molecule has 0 spiro atoms. The first-order valence-corrected chi connectivity index (χ1v) is 9.29. The number of anilines is 1. The van der Waals surface area contributed by atoms with E-state index in [9.17, 15) is 4.79 Å². The van der Waals surface area contributed by atoms with Crippen molar-refractivity contribution in [3.8, 4) is 5.69 Å². The van der Waals surface area contributed by atoms with Gasteiger partial charge in [-0.05, 0) is 42.5 Å². The van der Waals surface area contributed by atoms with Gasteiger partial charge in [0.2, 0.25) is 0 Å². The summed E-state index contributed by atoms with van der Waals surface area (Å²) in [7, 11) is 0. The summed E-state index contributed by atoms with van der Waals surface area (Å²) in [5.74, 6) is -0.190. The van der Waals surface area contributed by atoms with Crippen molar-refractivity contribution < 1.29 is 4.79 Å². The number of nitrogens with one attached hydrogen (secondary N) is 1.